The van der Waals surface area contributed by atoms with Gasteiger partial charge in [-0.05, 0) is 18.6 Å². The molecule has 0 bridgehead atoms. The van der Waals surface area contributed by atoms with Gasteiger partial charge < -0.3 is 14.4 Å². The van der Waals surface area contributed by atoms with Crippen molar-refractivity contribution in [2.45, 2.75) is 13.0 Å². The van der Waals surface area contributed by atoms with E-state index in [2.05, 4.69) is 9.88 Å². The first kappa shape index (κ1) is 14.0. The summed E-state index contributed by atoms with van der Waals surface area (Å²) < 4.78 is 7.36. The van der Waals surface area contributed by atoms with Gasteiger partial charge in [0, 0.05) is 26.2 Å². The topological polar surface area (TPSA) is 67.6 Å². The highest BCUT2D eigenvalue weighted by atomic mass is 16.5. The van der Waals surface area contributed by atoms with Crippen molar-refractivity contribution < 1.29 is 14.6 Å². The lowest BCUT2D eigenvalue weighted by atomic mass is 10.2. The van der Waals surface area contributed by atoms with E-state index in [0.717, 1.165) is 51.3 Å². The maximum atomic E-state index is 11.2. The molecule has 1 N–H and O–H groups in total. The number of morpholine rings is 1. The van der Waals surface area contributed by atoms with E-state index in [1.165, 1.54) is 0 Å². The van der Waals surface area contributed by atoms with Gasteiger partial charge in [0.2, 0.25) is 0 Å². The lowest BCUT2D eigenvalue weighted by Gasteiger charge is -2.26. The van der Waals surface area contributed by atoms with Gasteiger partial charge in [0.1, 0.15) is 5.52 Å². The summed E-state index contributed by atoms with van der Waals surface area (Å²) in [6.07, 6.45) is 2.75. The van der Waals surface area contributed by atoms with Crippen LogP contribution in [-0.2, 0) is 11.3 Å². The second kappa shape index (κ2) is 6.24. The molecule has 1 aliphatic heterocycles. The molecule has 0 amide bonds. The zero-order valence-corrected chi connectivity index (χ0v) is 11.9. The van der Waals surface area contributed by atoms with Gasteiger partial charge in [-0.1, -0.05) is 6.07 Å². The van der Waals surface area contributed by atoms with Crippen molar-refractivity contribution in [3.05, 3.63) is 30.1 Å². The maximum absolute atomic E-state index is 11.2. The normalized spacial score (nSPS) is 16.4. The molecule has 1 aromatic carbocycles. The molecule has 1 saturated heterocycles. The summed E-state index contributed by atoms with van der Waals surface area (Å²) in [6, 6.07) is 5.28. The molecule has 1 aliphatic rings. The maximum Gasteiger partial charge on any atom is 0.337 e. The van der Waals surface area contributed by atoms with Crippen LogP contribution in [0.15, 0.2) is 24.5 Å². The number of aromatic nitrogens is 2. The Kier molecular flexibility index (Phi) is 4.17. The molecule has 3 rings (SSSR count). The van der Waals surface area contributed by atoms with Crippen LogP contribution in [-0.4, -0.2) is 58.4 Å². The number of carbonyl (C=O) groups is 1. The van der Waals surface area contributed by atoms with Gasteiger partial charge in [-0.2, -0.15) is 0 Å². The van der Waals surface area contributed by atoms with E-state index in [1.807, 2.05) is 10.6 Å². The number of rotatable bonds is 5. The summed E-state index contributed by atoms with van der Waals surface area (Å²) in [5.41, 5.74) is 1.72. The lowest BCUT2D eigenvalue weighted by molar-refractivity contribution is 0.0369. The Morgan fingerprint density at radius 1 is 1.29 bits per heavy atom. The number of aromatic carboxylic acids is 1. The molecule has 2 heterocycles. The quantitative estimate of drug-likeness (QED) is 0.902. The van der Waals surface area contributed by atoms with Crippen molar-refractivity contribution in [1.82, 2.24) is 14.5 Å². The van der Waals surface area contributed by atoms with Crippen molar-refractivity contribution >= 4 is 17.0 Å². The van der Waals surface area contributed by atoms with Gasteiger partial charge >= 0.3 is 5.97 Å². The third-order valence-corrected chi connectivity index (χ3v) is 3.86. The highest BCUT2D eigenvalue weighted by Crippen LogP contribution is 2.18. The van der Waals surface area contributed by atoms with Gasteiger partial charge in [-0.25, -0.2) is 9.78 Å². The van der Waals surface area contributed by atoms with Crippen LogP contribution in [0.25, 0.3) is 11.0 Å². The molecular formula is C15H19N3O3. The number of carboxylic acids is 1. The smallest absolute Gasteiger partial charge is 0.337 e. The molecule has 0 saturated carbocycles. The second-order valence-electron chi connectivity index (χ2n) is 5.22. The SMILES string of the molecule is O=C(O)c1cccc2c1ncn2CCCN1CCOCC1. The van der Waals surface area contributed by atoms with Crippen molar-refractivity contribution in [3.63, 3.8) is 0 Å². The Morgan fingerprint density at radius 3 is 2.86 bits per heavy atom. The Hall–Kier alpha value is -1.92. The number of hydrogen-bond donors (Lipinski definition) is 1. The second-order valence-corrected chi connectivity index (χ2v) is 5.22. The fourth-order valence-electron chi connectivity index (χ4n) is 2.73. The molecule has 6 nitrogen and oxygen atoms in total. The number of imidazole rings is 1. The number of para-hydroxylation sites is 1. The number of carboxylic acid groups (broad SMARTS) is 1. The van der Waals surface area contributed by atoms with E-state index in [0.29, 0.717) is 5.52 Å². The molecule has 0 spiro atoms. The number of fused-ring (bicyclic) bond motifs is 1. The van der Waals surface area contributed by atoms with Crippen LogP contribution in [0.5, 0.6) is 0 Å². The van der Waals surface area contributed by atoms with Crippen molar-refractivity contribution in [3.8, 4) is 0 Å². The van der Waals surface area contributed by atoms with Crippen molar-refractivity contribution in [2.24, 2.45) is 0 Å². The van der Waals surface area contributed by atoms with Gasteiger partial charge in [-0.3, -0.25) is 4.90 Å². The van der Waals surface area contributed by atoms with Gasteiger partial charge in [0.05, 0.1) is 30.6 Å². The van der Waals surface area contributed by atoms with Gasteiger partial charge in [0.25, 0.3) is 0 Å². The average Bonchev–Trinajstić information content (AvgIpc) is 2.91. The molecule has 1 fully saturated rings. The van der Waals surface area contributed by atoms with Crippen LogP contribution in [0, 0.1) is 0 Å². The van der Waals surface area contributed by atoms with Crippen LogP contribution in [0.2, 0.25) is 0 Å². The van der Waals surface area contributed by atoms with E-state index in [9.17, 15) is 9.90 Å². The third-order valence-electron chi connectivity index (χ3n) is 3.86. The molecule has 21 heavy (non-hydrogen) atoms. The first-order valence-corrected chi connectivity index (χ1v) is 7.23. The minimum atomic E-state index is -0.931. The zero-order chi connectivity index (χ0) is 14.7. The number of aryl methyl sites for hydroxylation is 1. The molecule has 1 aromatic heterocycles. The Bertz CT molecular complexity index is 632. The van der Waals surface area contributed by atoms with Crippen LogP contribution in [0.4, 0.5) is 0 Å². The minimum Gasteiger partial charge on any atom is -0.478 e. The van der Waals surface area contributed by atoms with E-state index >= 15 is 0 Å². The predicted molar refractivity (Wildman–Crippen MR) is 78.6 cm³/mol. The molecular weight excluding hydrogens is 270 g/mol. The monoisotopic (exact) mass is 289 g/mol. The largest absolute Gasteiger partial charge is 0.478 e. The number of hydrogen-bond acceptors (Lipinski definition) is 4. The van der Waals surface area contributed by atoms with Crippen LogP contribution >= 0.6 is 0 Å². The van der Waals surface area contributed by atoms with E-state index < -0.39 is 5.97 Å². The summed E-state index contributed by atoms with van der Waals surface area (Å²) in [5.74, 6) is -0.931. The lowest BCUT2D eigenvalue weighted by Crippen LogP contribution is -2.37. The standard InChI is InChI=1S/C15H19N3O3/c19-15(20)12-3-1-4-13-14(12)16-11-18(13)6-2-5-17-7-9-21-10-8-17/h1,3-4,11H,2,5-10H2,(H,19,20). The number of ether oxygens (including phenoxy) is 1. The molecule has 0 atom stereocenters. The van der Waals surface area contributed by atoms with Crippen LogP contribution in [0.1, 0.15) is 16.8 Å². The highest BCUT2D eigenvalue weighted by Gasteiger charge is 2.13. The minimum absolute atomic E-state index is 0.263. The molecule has 6 heteroatoms. The molecule has 0 radical (unpaired) electrons. The van der Waals surface area contributed by atoms with E-state index in [4.69, 9.17) is 4.74 Å². The third kappa shape index (κ3) is 3.06. The fourth-order valence-corrected chi connectivity index (χ4v) is 2.73. The predicted octanol–water partition coefficient (Wildman–Crippen LogP) is 1.46. The number of benzene rings is 1. The van der Waals surface area contributed by atoms with Crippen LogP contribution < -0.4 is 0 Å². The summed E-state index contributed by atoms with van der Waals surface area (Å²) in [7, 11) is 0. The Morgan fingerprint density at radius 2 is 2.10 bits per heavy atom. The van der Waals surface area contributed by atoms with Gasteiger partial charge in [0.15, 0.2) is 0 Å². The number of nitrogens with zero attached hydrogens (tertiary/aromatic N) is 3. The first-order valence-electron chi connectivity index (χ1n) is 7.23. The Balaban J connectivity index is 1.67. The summed E-state index contributed by atoms with van der Waals surface area (Å²) in [5, 5.41) is 9.17. The molecule has 0 aliphatic carbocycles. The highest BCUT2D eigenvalue weighted by molar-refractivity contribution is 6.00. The van der Waals surface area contributed by atoms with E-state index in [-0.39, 0.29) is 5.56 Å². The van der Waals surface area contributed by atoms with Crippen molar-refractivity contribution in [1.29, 1.82) is 0 Å². The van der Waals surface area contributed by atoms with Crippen molar-refractivity contribution in [2.75, 3.05) is 32.8 Å². The first-order chi connectivity index (χ1) is 10.3. The van der Waals surface area contributed by atoms with E-state index in [1.54, 1.807) is 18.5 Å². The average molecular weight is 289 g/mol. The zero-order valence-electron chi connectivity index (χ0n) is 11.9. The summed E-state index contributed by atoms with van der Waals surface area (Å²) in [6.45, 7) is 5.49. The molecule has 2 aromatic rings. The Labute approximate surface area is 122 Å². The fraction of sp³-hybridized carbons (Fsp3) is 0.467. The molecule has 0 unspecified atom stereocenters. The summed E-state index contributed by atoms with van der Waals surface area (Å²) >= 11 is 0. The van der Waals surface area contributed by atoms with Crippen LogP contribution in [0.3, 0.4) is 0 Å². The summed E-state index contributed by atoms with van der Waals surface area (Å²) in [4.78, 5) is 17.8. The molecule has 112 valence electrons. The van der Waals surface area contributed by atoms with Gasteiger partial charge in [-0.15, -0.1) is 0 Å².